The Bertz CT molecular complexity index is 1010. The fraction of sp³-hybridized carbons (Fsp3) is 0.217. The van der Waals surface area contributed by atoms with Crippen LogP contribution in [0, 0.1) is 6.92 Å². The molecule has 0 aliphatic heterocycles. The van der Waals surface area contributed by atoms with Gasteiger partial charge >= 0.3 is 0 Å². The summed E-state index contributed by atoms with van der Waals surface area (Å²) in [5, 5.41) is 0. The van der Waals surface area contributed by atoms with E-state index in [-0.39, 0.29) is 23.6 Å². The van der Waals surface area contributed by atoms with Crippen molar-refractivity contribution in [1.82, 2.24) is 4.57 Å². The van der Waals surface area contributed by atoms with E-state index in [0.29, 0.717) is 24.4 Å². The summed E-state index contributed by atoms with van der Waals surface area (Å²) in [6.45, 7) is 2.54. The summed E-state index contributed by atoms with van der Waals surface area (Å²) in [5.41, 5.74) is 0.946. The molecule has 0 bridgehead atoms. The molecule has 0 amide bonds. The van der Waals surface area contributed by atoms with E-state index in [1.165, 1.54) is 6.07 Å². The summed E-state index contributed by atoms with van der Waals surface area (Å²) < 4.78 is 18.3. The van der Waals surface area contributed by atoms with E-state index in [4.69, 9.17) is 14.2 Å². The van der Waals surface area contributed by atoms with E-state index in [2.05, 4.69) is 0 Å². The van der Waals surface area contributed by atoms with E-state index < -0.39 is 0 Å². The van der Waals surface area contributed by atoms with Crippen LogP contribution in [0.1, 0.15) is 16.1 Å². The van der Waals surface area contributed by atoms with Gasteiger partial charge in [0.15, 0.2) is 18.1 Å². The zero-order valence-electron chi connectivity index (χ0n) is 16.5. The molecule has 0 radical (unpaired) electrons. The number of carbonyl (C=O) groups excluding carboxylic acids is 1. The third-order valence-corrected chi connectivity index (χ3v) is 4.49. The van der Waals surface area contributed by atoms with Gasteiger partial charge in [0.05, 0.1) is 19.3 Å². The average Bonchev–Trinajstić information content (AvgIpc) is 2.76. The van der Waals surface area contributed by atoms with Gasteiger partial charge in [-0.15, -0.1) is 0 Å². The van der Waals surface area contributed by atoms with E-state index in [9.17, 15) is 9.59 Å². The van der Waals surface area contributed by atoms with Crippen molar-refractivity contribution in [1.29, 1.82) is 0 Å². The molecular formula is C23H23NO5. The van der Waals surface area contributed by atoms with Gasteiger partial charge in [0, 0.05) is 17.8 Å². The highest BCUT2D eigenvalue weighted by atomic mass is 16.5. The molecule has 0 spiro atoms. The number of methoxy groups -OCH3 is 1. The topological polar surface area (TPSA) is 66.8 Å². The molecule has 3 rings (SSSR count). The van der Waals surface area contributed by atoms with E-state index in [1.807, 2.05) is 34.9 Å². The van der Waals surface area contributed by atoms with Crippen molar-refractivity contribution in [2.24, 2.45) is 0 Å². The Morgan fingerprint density at radius 1 is 0.931 bits per heavy atom. The maximum absolute atomic E-state index is 12.2. The maximum Gasteiger partial charge on any atom is 0.223 e. The van der Waals surface area contributed by atoms with Crippen LogP contribution >= 0.6 is 0 Å². The first-order chi connectivity index (χ1) is 14.1. The second kappa shape index (κ2) is 9.59. The summed E-state index contributed by atoms with van der Waals surface area (Å²) in [6, 6.07) is 17.6. The van der Waals surface area contributed by atoms with Gasteiger partial charge in [-0.2, -0.15) is 0 Å². The van der Waals surface area contributed by atoms with Crippen LogP contribution in [0.5, 0.6) is 17.2 Å². The van der Waals surface area contributed by atoms with Gasteiger partial charge in [0.1, 0.15) is 18.1 Å². The highest BCUT2D eigenvalue weighted by molar-refractivity contribution is 5.97. The summed E-state index contributed by atoms with van der Waals surface area (Å²) in [5.74, 6) is 1.50. The van der Waals surface area contributed by atoms with Crippen molar-refractivity contribution in [3.63, 3.8) is 0 Å². The minimum Gasteiger partial charge on any atom is -0.497 e. The molecule has 0 aliphatic carbocycles. The second-order valence-electron chi connectivity index (χ2n) is 6.39. The van der Waals surface area contributed by atoms with Crippen molar-refractivity contribution in [2.75, 3.05) is 20.3 Å². The van der Waals surface area contributed by atoms with Crippen LogP contribution in [0.2, 0.25) is 0 Å². The van der Waals surface area contributed by atoms with Crippen LogP contribution in [-0.4, -0.2) is 30.7 Å². The smallest absolute Gasteiger partial charge is 0.223 e. The summed E-state index contributed by atoms with van der Waals surface area (Å²) in [7, 11) is 1.61. The van der Waals surface area contributed by atoms with Crippen LogP contribution in [0.3, 0.4) is 0 Å². The monoisotopic (exact) mass is 393 g/mol. The van der Waals surface area contributed by atoms with E-state index >= 15 is 0 Å². The molecule has 0 unspecified atom stereocenters. The SMILES string of the molecule is COc1ccc(OCCn2ccc(=O)c(OCC(=O)c3ccccc3)c2C)cc1. The standard InChI is InChI=1S/C23H23NO5/c1-17-23(29-16-22(26)18-6-4-3-5-7-18)21(25)12-13-24(17)14-15-28-20-10-8-19(27-2)9-11-20/h3-13H,14-16H2,1-2H3. The minimum atomic E-state index is -0.254. The number of carbonyl (C=O) groups is 1. The predicted molar refractivity (Wildman–Crippen MR) is 110 cm³/mol. The molecule has 0 atom stereocenters. The van der Waals surface area contributed by atoms with E-state index in [0.717, 1.165) is 11.5 Å². The van der Waals surface area contributed by atoms with Crippen LogP contribution in [0.25, 0.3) is 0 Å². The third kappa shape index (κ3) is 5.25. The highest BCUT2D eigenvalue weighted by Crippen LogP contribution is 2.17. The molecule has 0 fully saturated rings. The summed E-state index contributed by atoms with van der Waals surface area (Å²) in [6.07, 6.45) is 1.70. The molecule has 3 aromatic rings. The molecule has 1 heterocycles. The molecule has 150 valence electrons. The number of rotatable bonds is 9. The van der Waals surface area contributed by atoms with Crippen molar-refractivity contribution < 1.29 is 19.0 Å². The van der Waals surface area contributed by atoms with Crippen molar-refractivity contribution in [2.45, 2.75) is 13.5 Å². The minimum absolute atomic E-state index is 0.178. The number of Topliss-reactive ketones (excluding diaryl/α,β-unsaturated/α-hetero) is 1. The summed E-state index contributed by atoms with van der Waals surface area (Å²) in [4.78, 5) is 24.4. The number of ketones is 1. The molecule has 6 heteroatoms. The van der Waals surface area contributed by atoms with Crippen LogP contribution < -0.4 is 19.6 Å². The molecule has 1 aromatic heterocycles. The fourth-order valence-electron chi connectivity index (χ4n) is 2.85. The lowest BCUT2D eigenvalue weighted by Crippen LogP contribution is -2.20. The lowest BCUT2D eigenvalue weighted by molar-refractivity contribution is 0.0919. The Balaban J connectivity index is 1.62. The Hall–Kier alpha value is -3.54. The first-order valence-corrected chi connectivity index (χ1v) is 9.26. The van der Waals surface area contributed by atoms with Gasteiger partial charge in [-0.1, -0.05) is 30.3 Å². The Labute approximate surface area is 169 Å². The molecule has 29 heavy (non-hydrogen) atoms. The predicted octanol–water partition coefficient (Wildman–Crippen LogP) is 3.51. The number of ether oxygens (including phenoxy) is 3. The quantitative estimate of drug-likeness (QED) is 0.521. The molecular weight excluding hydrogens is 370 g/mol. The molecule has 6 nitrogen and oxygen atoms in total. The number of hydrogen-bond acceptors (Lipinski definition) is 5. The first-order valence-electron chi connectivity index (χ1n) is 9.26. The van der Waals surface area contributed by atoms with Crippen LogP contribution in [0.15, 0.2) is 71.7 Å². The van der Waals surface area contributed by atoms with Gasteiger partial charge in [0.25, 0.3) is 0 Å². The molecule has 0 N–H and O–H groups in total. The third-order valence-electron chi connectivity index (χ3n) is 4.49. The lowest BCUT2D eigenvalue weighted by atomic mass is 10.1. The van der Waals surface area contributed by atoms with Gasteiger partial charge in [0.2, 0.25) is 5.43 Å². The molecule has 0 saturated carbocycles. The first kappa shape index (κ1) is 20.2. The number of pyridine rings is 1. The molecule has 2 aromatic carbocycles. The average molecular weight is 393 g/mol. The van der Waals surface area contributed by atoms with Crippen LogP contribution in [0.4, 0.5) is 0 Å². The Morgan fingerprint density at radius 3 is 2.31 bits per heavy atom. The zero-order chi connectivity index (χ0) is 20.6. The van der Waals surface area contributed by atoms with Gasteiger partial charge < -0.3 is 18.8 Å². The normalized spacial score (nSPS) is 10.4. The highest BCUT2D eigenvalue weighted by Gasteiger charge is 2.12. The van der Waals surface area contributed by atoms with Crippen molar-refractivity contribution in [3.8, 4) is 17.2 Å². The van der Waals surface area contributed by atoms with Crippen molar-refractivity contribution in [3.05, 3.63) is 88.3 Å². The second-order valence-corrected chi connectivity index (χ2v) is 6.39. The van der Waals surface area contributed by atoms with Gasteiger partial charge in [-0.25, -0.2) is 0 Å². The van der Waals surface area contributed by atoms with Crippen LogP contribution in [-0.2, 0) is 6.54 Å². The van der Waals surface area contributed by atoms with Gasteiger partial charge in [-0.3, -0.25) is 9.59 Å². The largest absolute Gasteiger partial charge is 0.497 e. The van der Waals surface area contributed by atoms with Gasteiger partial charge in [-0.05, 0) is 31.2 Å². The zero-order valence-corrected chi connectivity index (χ0v) is 16.5. The number of hydrogen-bond donors (Lipinski definition) is 0. The van der Waals surface area contributed by atoms with Crippen molar-refractivity contribution >= 4 is 5.78 Å². The Morgan fingerprint density at radius 2 is 1.62 bits per heavy atom. The number of aromatic nitrogens is 1. The Kier molecular flexibility index (Phi) is 6.68. The molecule has 0 aliphatic rings. The summed E-state index contributed by atoms with van der Waals surface area (Å²) >= 11 is 0. The number of benzene rings is 2. The maximum atomic E-state index is 12.2. The fourth-order valence-corrected chi connectivity index (χ4v) is 2.85. The van der Waals surface area contributed by atoms with E-state index in [1.54, 1.807) is 44.5 Å². The number of nitrogens with zero attached hydrogens (tertiary/aromatic N) is 1. The molecule has 0 saturated heterocycles. The lowest BCUT2D eigenvalue weighted by Gasteiger charge is -2.15.